The fourth-order valence-corrected chi connectivity index (χ4v) is 7.44. The third-order valence-corrected chi connectivity index (χ3v) is 10.8. The van der Waals surface area contributed by atoms with Gasteiger partial charge in [-0.05, 0) is 55.3 Å². The third-order valence-electron chi connectivity index (χ3n) is 10.8. The number of nitrogens with zero attached hydrogens (tertiary/aromatic N) is 3. The standard InChI is InChI=1S/C49H51F2N5O13/c1-31-42(45(61)52-35-12-7-11-34(28-35)49(2,50)51)48(64)56(54-31)36-13-5-9-32(26-36)8-3-4-14-37(57)29-68-24-22-66-20-18-65-19-21-67-23-25-69-30-38(58)27-33-10-6-15-39-43(33)47(63)55(46(39)62)40-16-17-41(59)53-44(40)60/h5-7,9-13,15,26,28,40,42H,4,14,16-25,27,29-30H2,1-2H3,(H,52,61)(H,53,59,60). The number of carbonyl (C=O) groups is 8. The maximum atomic E-state index is 13.8. The zero-order valence-electron chi connectivity index (χ0n) is 38.0. The first-order valence-electron chi connectivity index (χ1n) is 22.1. The van der Waals surface area contributed by atoms with Gasteiger partial charge in [0.2, 0.25) is 17.7 Å². The number of ether oxygens (including phenoxy) is 5. The molecule has 3 heterocycles. The molecule has 3 aliphatic rings. The van der Waals surface area contributed by atoms with Crippen LogP contribution < -0.4 is 15.6 Å². The second kappa shape index (κ2) is 24.4. The number of ketones is 2. The third kappa shape index (κ3) is 14.1. The van der Waals surface area contributed by atoms with Crippen LogP contribution in [0, 0.1) is 17.8 Å². The molecule has 364 valence electrons. The minimum atomic E-state index is -3.10. The van der Waals surface area contributed by atoms with Gasteiger partial charge in [-0.2, -0.15) is 10.1 Å². The van der Waals surface area contributed by atoms with E-state index in [4.69, 9.17) is 23.7 Å². The van der Waals surface area contributed by atoms with Crippen LogP contribution in [0.4, 0.5) is 20.2 Å². The fraction of sp³-hybridized carbons (Fsp3) is 0.408. The molecule has 0 bridgehead atoms. The van der Waals surface area contributed by atoms with Gasteiger partial charge in [-0.1, -0.05) is 42.2 Å². The molecule has 2 atom stereocenters. The van der Waals surface area contributed by atoms with E-state index in [1.165, 1.54) is 31.2 Å². The molecule has 6 rings (SSSR count). The van der Waals surface area contributed by atoms with E-state index >= 15 is 0 Å². The van der Waals surface area contributed by atoms with Gasteiger partial charge in [0.25, 0.3) is 23.6 Å². The summed E-state index contributed by atoms with van der Waals surface area (Å²) in [6, 6.07) is 15.4. The first kappa shape index (κ1) is 51.5. The molecule has 3 aromatic carbocycles. The number of alkyl halides is 2. The summed E-state index contributed by atoms with van der Waals surface area (Å²) in [4.78, 5) is 102. The predicted molar refractivity (Wildman–Crippen MR) is 242 cm³/mol. The van der Waals surface area contributed by atoms with Gasteiger partial charge in [0, 0.05) is 49.4 Å². The number of imide groups is 2. The van der Waals surface area contributed by atoms with Crippen LogP contribution in [0.5, 0.6) is 0 Å². The van der Waals surface area contributed by atoms with Crippen molar-refractivity contribution in [3.8, 4) is 11.8 Å². The SMILES string of the molecule is CC1=NN(c2cccc(C#CCCC(=O)COCCOCCOCCOCCOCC(=O)Cc3cccc4c3C(=O)N(C3CCC(=O)NC3=O)C4=O)c2)C(=O)C1C(=O)Nc1cccc(C(C)(F)F)c1. The zero-order valence-corrected chi connectivity index (χ0v) is 38.0. The summed E-state index contributed by atoms with van der Waals surface area (Å²) in [7, 11) is 0. The Morgan fingerprint density at radius 2 is 1.45 bits per heavy atom. The van der Waals surface area contributed by atoms with Crippen molar-refractivity contribution in [3.63, 3.8) is 0 Å². The maximum Gasteiger partial charge on any atom is 0.270 e. The van der Waals surface area contributed by atoms with E-state index < -0.39 is 53.3 Å². The van der Waals surface area contributed by atoms with E-state index in [-0.39, 0.29) is 118 Å². The molecular weight excluding hydrogens is 905 g/mol. The van der Waals surface area contributed by atoms with Crippen molar-refractivity contribution in [2.24, 2.45) is 11.0 Å². The Hall–Kier alpha value is -6.89. The summed E-state index contributed by atoms with van der Waals surface area (Å²) in [6.45, 7) is 3.91. The highest BCUT2D eigenvalue weighted by molar-refractivity contribution is 6.29. The summed E-state index contributed by atoms with van der Waals surface area (Å²) in [6.07, 6.45) is 0.308. The summed E-state index contributed by atoms with van der Waals surface area (Å²) < 4.78 is 54.8. The molecular formula is C49H51F2N5O13. The minimum Gasteiger partial charge on any atom is -0.377 e. The van der Waals surface area contributed by atoms with Crippen molar-refractivity contribution in [3.05, 3.63) is 94.5 Å². The van der Waals surface area contributed by atoms with E-state index in [9.17, 15) is 47.1 Å². The number of anilines is 2. The quantitative estimate of drug-likeness (QED) is 0.0535. The number of hydrogen-bond donors (Lipinski definition) is 2. The van der Waals surface area contributed by atoms with E-state index in [2.05, 4.69) is 27.6 Å². The lowest BCUT2D eigenvalue weighted by atomic mass is 9.99. The smallest absolute Gasteiger partial charge is 0.270 e. The van der Waals surface area contributed by atoms with Crippen molar-refractivity contribution in [1.29, 1.82) is 0 Å². The average Bonchev–Trinajstić information content (AvgIpc) is 3.76. The van der Waals surface area contributed by atoms with E-state index in [0.29, 0.717) is 36.6 Å². The Labute approximate surface area is 396 Å². The molecule has 3 aromatic rings. The van der Waals surface area contributed by atoms with Crippen LogP contribution in [-0.2, 0) is 64.8 Å². The zero-order chi connectivity index (χ0) is 49.5. The number of hydrogen-bond acceptors (Lipinski definition) is 14. The Bertz CT molecular complexity index is 2550. The Kier molecular flexibility index (Phi) is 18.2. The van der Waals surface area contributed by atoms with Gasteiger partial charge >= 0.3 is 0 Å². The Morgan fingerprint density at radius 3 is 2.12 bits per heavy atom. The monoisotopic (exact) mass is 955 g/mol. The van der Waals surface area contributed by atoms with Gasteiger partial charge in [-0.15, -0.1) is 0 Å². The van der Waals surface area contributed by atoms with Crippen LogP contribution in [0.2, 0.25) is 0 Å². The number of amides is 6. The molecule has 2 unspecified atom stereocenters. The summed E-state index contributed by atoms with van der Waals surface area (Å²) in [5.41, 5.74) is 1.54. The molecule has 6 amide bonds. The molecule has 1 fully saturated rings. The van der Waals surface area contributed by atoms with E-state index in [1.807, 2.05) is 0 Å². The topological polar surface area (TPSA) is 226 Å². The van der Waals surface area contributed by atoms with Crippen molar-refractivity contribution in [2.75, 3.05) is 76.4 Å². The van der Waals surface area contributed by atoms with Crippen LogP contribution in [-0.4, -0.2) is 130 Å². The average molecular weight is 956 g/mol. The molecule has 0 aliphatic carbocycles. The molecule has 2 N–H and O–H groups in total. The van der Waals surface area contributed by atoms with E-state index in [0.717, 1.165) is 22.9 Å². The van der Waals surface area contributed by atoms with Crippen molar-refractivity contribution in [1.82, 2.24) is 10.2 Å². The van der Waals surface area contributed by atoms with Gasteiger partial charge in [0.05, 0.1) is 75.4 Å². The normalized spacial score (nSPS) is 16.8. The number of benzene rings is 3. The molecule has 3 aliphatic heterocycles. The van der Waals surface area contributed by atoms with Crippen molar-refractivity contribution < 1.29 is 70.8 Å². The molecule has 0 spiro atoms. The van der Waals surface area contributed by atoms with Crippen molar-refractivity contribution in [2.45, 2.75) is 57.9 Å². The molecule has 0 radical (unpaired) electrons. The fourth-order valence-electron chi connectivity index (χ4n) is 7.44. The largest absolute Gasteiger partial charge is 0.377 e. The highest BCUT2D eigenvalue weighted by atomic mass is 19.3. The number of rotatable bonds is 25. The van der Waals surface area contributed by atoms with Gasteiger partial charge in [-0.25, -0.2) is 8.78 Å². The molecule has 20 heteroatoms. The second-order valence-corrected chi connectivity index (χ2v) is 16.1. The predicted octanol–water partition coefficient (Wildman–Crippen LogP) is 3.77. The van der Waals surface area contributed by atoms with Crippen LogP contribution >= 0.6 is 0 Å². The molecule has 18 nitrogen and oxygen atoms in total. The van der Waals surface area contributed by atoms with Gasteiger partial charge in [0.1, 0.15) is 19.3 Å². The highest BCUT2D eigenvalue weighted by Gasteiger charge is 2.46. The lowest BCUT2D eigenvalue weighted by Gasteiger charge is -2.27. The molecule has 0 aromatic heterocycles. The minimum absolute atomic E-state index is 0.00224. The van der Waals surface area contributed by atoms with Crippen LogP contribution in [0.25, 0.3) is 0 Å². The highest BCUT2D eigenvalue weighted by Crippen LogP contribution is 2.32. The van der Waals surface area contributed by atoms with Gasteiger partial charge < -0.3 is 29.0 Å². The summed E-state index contributed by atoms with van der Waals surface area (Å²) in [5.74, 6) is -2.72. The van der Waals surface area contributed by atoms with Crippen LogP contribution in [0.1, 0.15) is 76.9 Å². The van der Waals surface area contributed by atoms with Gasteiger partial charge in [0.15, 0.2) is 17.5 Å². The van der Waals surface area contributed by atoms with E-state index in [1.54, 1.807) is 36.4 Å². The lowest BCUT2D eigenvalue weighted by Crippen LogP contribution is -2.54. The van der Waals surface area contributed by atoms with Crippen LogP contribution in [0.3, 0.4) is 0 Å². The van der Waals surface area contributed by atoms with Crippen LogP contribution in [0.15, 0.2) is 71.8 Å². The van der Waals surface area contributed by atoms with Gasteiger partial charge in [-0.3, -0.25) is 48.6 Å². The second-order valence-electron chi connectivity index (χ2n) is 16.1. The first-order chi connectivity index (χ1) is 33.1. The number of carbonyl (C=O) groups excluding carboxylic acids is 8. The number of piperidine rings is 1. The Balaban J connectivity index is 0.762. The summed E-state index contributed by atoms with van der Waals surface area (Å²) in [5, 5.41) is 10.1. The maximum absolute atomic E-state index is 13.8. The number of hydrazone groups is 1. The Morgan fingerprint density at radius 1 is 0.812 bits per heavy atom. The number of halogens is 2. The van der Waals surface area contributed by atoms with Crippen molar-refractivity contribution >= 4 is 64.1 Å². The molecule has 1 saturated heterocycles. The number of Topliss-reactive ketones (excluding diaryl/α,β-unsaturated/α-hetero) is 2. The molecule has 69 heavy (non-hydrogen) atoms. The lowest BCUT2D eigenvalue weighted by molar-refractivity contribution is -0.136. The number of fused-ring (bicyclic) bond motifs is 1. The number of nitrogens with one attached hydrogen (secondary N) is 2. The molecule has 0 saturated carbocycles. The first-order valence-corrected chi connectivity index (χ1v) is 22.1. The summed E-state index contributed by atoms with van der Waals surface area (Å²) >= 11 is 0.